The Morgan fingerprint density at radius 1 is 0.525 bits per heavy atom. The zero-order chi connectivity index (χ0) is 25.6. The number of allylic oxidation sites excluding steroid dienone is 2. The van der Waals surface area contributed by atoms with Crippen LogP contribution in [0.1, 0.15) is 43.4 Å². The van der Waals surface area contributed by atoms with Gasteiger partial charge in [-0.15, -0.1) is 0 Å². The zero-order valence-corrected chi connectivity index (χ0v) is 26.6. The molecule has 0 fully saturated rings. The molecular weight excluding hydrogens is 607 g/mol. The Morgan fingerprint density at radius 3 is 1.73 bits per heavy atom. The second kappa shape index (κ2) is 12.0. The van der Waals surface area contributed by atoms with Gasteiger partial charge in [0.1, 0.15) is 0 Å². The number of benzene rings is 5. The van der Waals surface area contributed by atoms with Crippen molar-refractivity contribution in [2.45, 2.75) is 21.1 Å². The molecule has 0 bridgehead atoms. The minimum Gasteiger partial charge on any atom is -1.00 e. The first-order valence-electron chi connectivity index (χ1n) is 13.5. The van der Waals surface area contributed by atoms with Gasteiger partial charge in [0.25, 0.3) is 0 Å². The maximum atomic E-state index is 2.55. The van der Waals surface area contributed by atoms with Crippen molar-refractivity contribution in [1.29, 1.82) is 0 Å². The molecule has 0 aromatic heterocycles. The average Bonchev–Trinajstić information content (AvgIpc) is 3.58. The Hall–Kier alpha value is -2.83. The maximum Gasteiger partial charge on any atom is -1.00 e. The fourth-order valence-electron chi connectivity index (χ4n) is 6.60. The summed E-state index contributed by atoms with van der Waals surface area (Å²) < 4.78 is 2.79. The third-order valence-corrected chi connectivity index (χ3v) is 16.9. The molecule has 0 spiro atoms. The van der Waals surface area contributed by atoms with Gasteiger partial charge in [-0.05, 0) is 0 Å². The fraction of sp³-hybridized carbons (Fsp3) is 0.108. The number of hydrogen-bond acceptors (Lipinski definition) is 0. The molecule has 0 radical (unpaired) electrons. The molecular formula is C37H30Cl2Zr. The van der Waals surface area contributed by atoms with Crippen molar-refractivity contribution >= 4 is 26.1 Å². The number of fused-ring (bicyclic) bond motifs is 3. The van der Waals surface area contributed by atoms with Gasteiger partial charge in [0, 0.05) is 0 Å². The van der Waals surface area contributed by atoms with Crippen LogP contribution in [0.15, 0.2) is 121 Å². The number of rotatable bonds is 4. The average molecular weight is 637 g/mol. The predicted molar refractivity (Wildman–Crippen MR) is 161 cm³/mol. The van der Waals surface area contributed by atoms with E-state index in [4.69, 9.17) is 0 Å². The Labute approximate surface area is 257 Å². The van der Waals surface area contributed by atoms with E-state index in [1.54, 1.807) is 3.21 Å². The van der Waals surface area contributed by atoms with E-state index < -0.39 is 21.3 Å². The molecule has 5 aromatic rings. The van der Waals surface area contributed by atoms with E-state index in [2.05, 4.69) is 147 Å². The van der Waals surface area contributed by atoms with Crippen molar-refractivity contribution in [3.8, 4) is 22.3 Å². The van der Waals surface area contributed by atoms with Crippen LogP contribution in [0, 0.1) is 0 Å². The molecule has 3 heteroatoms. The summed E-state index contributed by atoms with van der Waals surface area (Å²) >= 11 is -2.18. The van der Waals surface area contributed by atoms with Gasteiger partial charge in [0.05, 0.1) is 0 Å². The van der Waals surface area contributed by atoms with Gasteiger partial charge in [-0.2, -0.15) is 0 Å². The molecule has 0 N–H and O–H groups in total. The van der Waals surface area contributed by atoms with Gasteiger partial charge >= 0.3 is 234 Å². The van der Waals surface area contributed by atoms with Crippen LogP contribution in [0.3, 0.4) is 0 Å². The van der Waals surface area contributed by atoms with Crippen LogP contribution in [0.2, 0.25) is 0 Å². The number of halogens is 2. The predicted octanol–water partition coefficient (Wildman–Crippen LogP) is 3.85. The van der Waals surface area contributed by atoms with E-state index in [1.165, 1.54) is 55.3 Å². The molecule has 0 saturated heterocycles. The summed E-state index contributed by atoms with van der Waals surface area (Å²) in [5, 5.41) is 2.63. The zero-order valence-electron chi connectivity index (χ0n) is 22.6. The van der Waals surface area contributed by atoms with Crippen molar-refractivity contribution in [2.24, 2.45) is 0 Å². The van der Waals surface area contributed by atoms with Crippen molar-refractivity contribution in [2.75, 3.05) is 0 Å². The van der Waals surface area contributed by atoms with E-state index in [1.807, 2.05) is 0 Å². The molecule has 196 valence electrons. The molecule has 7 rings (SSSR count). The van der Waals surface area contributed by atoms with Crippen LogP contribution in [0.25, 0.3) is 45.2 Å². The van der Waals surface area contributed by atoms with E-state index in [0.717, 1.165) is 0 Å². The molecule has 40 heavy (non-hydrogen) atoms. The van der Waals surface area contributed by atoms with Crippen LogP contribution >= 0.6 is 0 Å². The summed E-state index contributed by atoms with van der Waals surface area (Å²) in [7, 11) is 0. The van der Waals surface area contributed by atoms with Gasteiger partial charge in [-0.3, -0.25) is 0 Å². The summed E-state index contributed by atoms with van der Waals surface area (Å²) in [6.45, 7) is 4.81. The fourth-order valence-corrected chi connectivity index (χ4v) is 15.0. The van der Waals surface area contributed by atoms with Crippen LogP contribution < -0.4 is 24.8 Å². The molecule has 5 aromatic carbocycles. The minimum absolute atomic E-state index is 0. The van der Waals surface area contributed by atoms with Gasteiger partial charge in [-0.25, -0.2) is 0 Å². The normalized spacial score (nSPS) is 15.9. The maximum absolute atomic E-state index is 2.55. The number of hydrogen-bond donors (Lipinski definition) is 0. The largest absolute Gasteiger partial charge is 1.00 e. The van der Waals surface area contributed by atoms with E-state index in [9.17, 15) is 0 Å². The summed E-state index contributed by atoms with van der Waals surface area (Å²) in [4.78, 5) is 0. The topological polar surface area (TPSA) is 0 Å². The van der Waals surface area contributed by atoms with Crippen molar-refractivity contribution in [3.05, 3.63) is 144 Å². The first kappa shape index (κ1) is 28.7. The van der Waals surface area contributed by atoms with Crippen molar-refractivity contribution in [3.63, 3.8) is 0 Å². The van der Waals surface area contributed by atoms with Crippen molar-refractivity contribution < 1.29 is 46.1 Å². The van der Waals surface area contributed by atoms with Gasteiger partial charge in [0.15, 0.2) is 0 Å². The van der Waals surface area contributed by atoms with Gasteiger partial charge < -0.3 is 24.8 Å². The SMILES string of the molecule is C[C](C)=[Zr+2]([CH]1C=Cc2c(-c3ccccc3)cccc21)[CH]1C=Cc2c(-c3cccc4ccccc34)cccc21.[Cl-].[Cl-]. The molecule has 0 heterocycles. The molecule has 2 aliphatic carbocycles. The molecule has 0 nitrogen and oxygen atoms in total. The first-order valence-corrected chi connectivity index (χ1v) is 17.6. The quantitative estimate of drug-likeness (QED) is 0.282. The first-order chi connectivity index (χ1) is 18.7. The Bertz CT molecular complexity index is 1790. The van der Waals surface area contributed by atoms with Crippen LogP contribution in [-0.2, 0) is 21.3 Å². The summed E-state index contributed by atoms with van der Waals surface area (Å²) in [5.74, 6) is 0. The summed E-state index contributed by atoms with van der Waals surface area (Å²) in [6.07, 6.45) is 9.94. The second-order valence-electron chi connectivity index (χ2n) is 10.6. The van der Waals surface area contributed by atoms with E-state index in [-0.39, 0.29) is 24.8 Å². The Morgan fingerprint density at radius 2 is 1.05 bits per heavy atom. The molecule has 2 aliphatic rings. The molecule has 0 aliphatic heterocycles. The van der Waals surface area contributed by atoms with E-state index in [0.29, 0.717) is 7.25 Å². The Kier molecular flexibility index (Phi) is 8.58. The summed E-state index contributed by atoms with van der Waals surface area (Å²) in [6, 6.07) is 40.3. The van der Waals surface area contributed by atoms with Crippen molar-refractivity contribution in [1.82, 2.24) is 0 Å². The Balaban J connectivity index is 0.00000161. The monoisotopic (exact) mass is 634 g/mol. The smallest absolute Gasteiger partial charge is 1.00 e. The standard InChI is InChI=1S/C19H13.C15H11.C3H6.2ClH.Zr/c1-2-10-16-14(6-1)8-4-12-18(16)19-13-5-9-15-7-3-11-17(15)19;1-2-6-12(7-3-1)14-10-4-8-13-9-5-11-15(13)14;1-3-2;;;/h1-13H;1-11H;1-2H3;2*1H;/q;;;;;+2/p-2. The molecule has 0 amide bonds. The van der Waals surface area contributed by atoms with Gasteiger partial charge in [-0.1, -0.05) is 0 Å². The van der Waals surface area contributed by atoms with Gasteiger partial charge in [0.2, 0.25) is 0 Å². The molecule has 2 atom stereocenters. The molecule has 0 saturated carbocycles. The van der Waals surface area contributed by atoms with Crippen LogP contribution in [0.4, 0.5) is 0 Å². The third-order valence-electron chi connectivity index (χ3n) is 8.27. The van der Waals surface area contributed by atoms with Crippen LogP contribution in [0.5, 0.6) is 0 Å². The van der Waals surface area contributed by atoms with E-state index >= 15 is 0 Å². The minimum atomic E-state index is -2.18. The second-order valence-corrected chi connectivity index (χ2v) is 18.4. The van der Waals surface area contributed by atoms with Crippen LogP contribution in [-0.4, -0.2) is 3.21 Å². The summed E-state index contributed by atoms with van der Waals surface area (Å²) in [5.41, 5.74) is 11.3. The molecule has 2 unspecified atom stereocenters. The third kappa shape index (κ3) is 4.83.